The van der Waals surface area contributed by atoms with Gasteiger partial charge >= 0.3 is 12.1 Å². The van der Waals surface area contributed by atoms with Crippen molar-refractivity contribution < 1.29 is 28.6 Å². The average molecular weight is 419 g/mol. The van der Waals surface area contributed by atoms with Crippen molar-refractivity contribution in [1.29, 1.82) is 0 Å². The van der Waals surface area contributed by atoms with Gasteiger partial charge in [0.1, 0.15) is 5.75 Å². The summed E-state index contributed by atoms with van der Waals surface area (Å²) in [4.78, 5) is 36.4. The summed E-state index contributed by atoms with van der Waals surface area (Å²) in [6, 6.07) is 14.8. The molecule has 0 aliphatic heterocycles. The summed E-state index contributed by atoms with van der Waals surface area (Å²) in [7, 11) is 0. The van der Waals surface area contributed by atoms with E-state index in [2.05, 4.69) is 0 Å². The second kappa shape index (κ2) is 11.9. The summed E-state index contributed by atoms with van der Waals surface area (Å²) in [5.41, 5.74) is 0.373. The molecule has 6 nitrogen and oxygen atoms in total. The van der Waals surface area contributed by atoms with Crippen molar-refractivity contribution >= 4 is 29.5 Å². The van der Waals surface area contributed by atoms with Gasteiger partial charge in [0.15, 0.2) is 6.10 Å². The van der Waals surface area contributed by atoms with E-state index in [4.69, 9.17) is 25.8 Å². The van der Waals surface area contributed by atoms with Crippen LogP contribution in [0.15, 0.2) is 54.6 Å². The number of carbonyl (C=O) groups is 3. The fourth-order valence-corrected chi connectivity index (χ4v) is 2.73. The third kappa shape index (κ3) is 7.95. The molecule has 2 aromatic carbocycles. The van der Waals surface area contributed by atoms with Crippen LogP contribution in [0.5, 0.6) is 5.75 Å². The van der Waals surface area contributed by atoms with Gasteiger partial charge in [0, 0.05) is 17.0 Å². The van der Waals surface area contributed by atoms with Crippen LogP contribution in [0.3, 0.4) is 0 Å². The van der Waals surface area contributed by atoms with E-state index in [-0.39, 0.29) is 24.6 Å². The molecule has 0 amide bonds. The van der Waals surface area contributed by atoms with E-state index in [0.29, 0.717) is 35.8 Å². The third-order valence-corrected chi connectivity index (χ3v) is 4.26. The van der Waals surface area contributed by atoms with Crippen molar-refractivity contribution in [2.75, 3.05) is 6.61 Å². The predicted octanol–water partition coefficient (Wildman–Crippen LogP) is 5.23. The topological polar surface area (TPSA) is 78.9 Å². The zero-order valence-corrected chi connectivity index (χ0v) is 16.9. The van der Waals surface area contributed by atoms with Crippen LogP contribution in [0.1, 0.15) is 43.0 Å². The van der Waals surface area contributed by atoms with E-state index in [1.54, 1.807) is 61.5 Å². The number of esters is 1. The molecular formula is C22H23ClO6. The van der Waals surface area contributed by atoms with Crippen LogP contribution in [0.25, 0.3) is 0 Å². The zero-order valence-electron chi connectivity index (χ0n) is 16.1. The molecule has 2 rings (SSSR count). The molecule has 0 fully saturated rings. The maximum Gasteiger partial charge on any atom is 0.514 e. The van der Waals surface area contributed by atoms with Crippen molar-refractivity contribution in [3.63, 3.8) is 0 Å². The molecular weight excluding hydrogens is 396 g/mol. The van der Waals surface area contributed by atoms with Crippen LogP contribution in [0.2, 0.25) is 5.02 Å². The highest BCUT2D eigenvalue weighted by Gasteiger charge is 2.25. The van der Waals surface area contributed by atoms with Gasteiger partial charge in [0.05, 0.1) is 6.61 Å². The van der Waals surface area contributed by atoms with Gasteiger partial charge in [0.2, 0.25) is 5.78 Å². The largest absolute Gasteiger partial charge is 0.514 e. The fraction of sp³-hybridized carbons (Fsp3) is 0.318. The maximum atomic E-state index is 12.8. The molecule has 1 unspecified atom stereocenters. The van der Waals surface area contributed by atoms with Crippen molar-refractivity contribution in [3.05, 3.63) is 65.2 Å². The van der Waals surface area contributed by atoms with Crippen LogP contribution >= 0.6 is 11.6 Å². The molecule has 7 heteroatoms. The van der Waals surface area contributed by atoms with Crippen molar-refractivity contribution in [3.8, 4) is 5.75 Å². The highest BCUT2D eigenvalue weighted by molar-refractivity contribution is 6.30. The van der Waals surface area contributed by atoms with Crippen LogP contribution in [0, 0.1) is 0 Å². The third-order valence-electron chi connectivity index (χ3n) is 4.01. The van der Waals surface area contributed by atoms with Gasteiger partial charge < -0.3 is 14.2 Å². The number of ether oxygens (including phenoxy) is 3. The summed E-state index contributed by atoms with van der Waals surface area (Å²) in [5.74, 6) is -0.335. The summed E-state index contributed by atoms with van der Waals surface area (Å²) in [6.45, 7) is 2.07. The van der Waals surface area contributed by atoms with Gasteiger partial charge in [-0.05, 0) is 62.6 Å². The molecule has 29 heavy (non-hydrogen) atoms. The second-order valence-electron chi connectivity index (χ2n) is 6.19. The van der Waals surface area contributed by atoms with Crippen molar-refractivity contribution in [2.24, 2.45) is 0 Å². The van der Waals surface area contributed by atoms with Crippen molar-refractivity contribution in [2.45, 2.75) is 38.7 Å². The Labute approximate surface area is 174 Å². The van der Waals surface area contributed by atoms with Crippen LogP contribution in [-0.4, -0.2) is 30.6 Å². The fourth-order valence-electron chi connectivity index (χ4n) is 2.60. The van der Waals surface area contributed by atoms with Gasteiger partial charge in [-0.2, -0.15) is 0 Å². The lowest BCUT2D eigenvalue weighted by Gasteiger charge is -2.17. The highest BCUT2D eigenvalue weighted by Crippen LogP contribution is 2.18. The molecule has 0 saturated carbocycles. The molecule has 0 saturated heterocycles. The maximum absolute atomic E-state index is 12.8. The smallest absolute Gasteiger partial charge is 0.466 e. The van der Waals surface area contributed by atoms with Crippen LogP contribution in [0.4, 0.5) is 4.79 Å². The molecule has 154 valence electrons. The number of hydrogen-bond acceptors (Lipinski definition) is 6. The summed E-state index contributed by atoms with van der Waals surface area (Å²) in [6.07, 6.45) is -0.486. The Kier molecular flexibility index (Phi) is 9.18. The number of ketones is 1. The Hall–Kier alpha value is -2.86. The Morgan fingerprint density at radius 1 is 0.966 bits per heavy atom. The van der Waals surface area contributed by atoms with Gasteiger partial charge in [-0.15, -0.1) is 0 Å². The number of hydrogen-bond donors (Lipinski definition) is 0. The van der Waals surface area contributed by atoms with Crippen LogP contribution in [-0.2, 0) is 14.3 Å². The Balaban J connectivity index is 1.99. The van der Waals surface area contributed by atoms with E-state index in [1.807, 2.05) is 0 Å². The average Bonchev–Trinajstić information content (AvgIpc) is 2.71. The molecule has 0 aromatic heterocycles. The van der Waals surface area contributed by atoms with E-state index in [0.717, 1.165) is 0 Å². The van der Waals surface area contributed by atoms with E-state index >= 15 is 0 Å². The lowest BCUT2D eigenvalue weighted by atomic mass is 10.0. The minimum absolute atomic E-state index is 0.240. The van der Waals surface area contributed by atoms with E-state index < -0.39 is 12.3 Å². The zero-order chi connectivity index (χ0) is 21.1. The van der Waals surface area contributed by atoms with Gasteiger partial charge in [-0.3, -0.25) is 9.59 Å². The molecule has 0 heterocycles. The Morgan fingerprint density at radius 3 is 2.31 bits per heavy atom. The molecule has 1 atom stereocenters. The number of unbranched alkanes of at least 4 members (excludes halogenated alkanes) is 1. The van der Waals surface area contributed by atoms with E-state index in [9.17, 15) is 14.4 Å². The molecule has 0 radical (unpaired) electrons. The molecule has 0 aliphatic rings. The van der Waals surface area contributed by atoms with E-state index in [1.165, 1.54) is 0 Å². The standard InChI is InChI=1S/C22H23ClO6/c1-2-27-20(24)11-7-6-10-19(21(25)16-12-14-17(23)15-13-16)29-22(26)28-18-8-4-3-5-9-18/h3-5,8-9,12-15,19H,2,6-7,10-11H2,1H3. The number of benzene rings is 2. The Morgan fingerprint density at radius 2 is 1.66 bits per heavy atom. The molecule has 0 aliphatic carbocycles. The van der Waals surface area contributed by atoms with Gasteiger partial charge in [0.25, 0.3) is 0 Å². The second-order valence-corrected chi connectivity index (χ2v) is 6.63. The predicted molar refractivity (Wildman–Crippen MR) is 108 cm³/mol. The first-order chi connectivity index (χ1) is 14.0. The summed E-state index contributed by atoms with van der Waals surface area (Å²) >= 11 is 5.87. The monoisotopic (exact) mass is 418 g/mol. The molecule has 0 bridgehead atoms. The molecule has 2 aromatic rings. The number of Topliss-reactive ketones (excluding diaryl/α,β-unsaturated/α-hetero) is 1. The first kappa shape index (κ1) is 22.4. The van der Waals surface area contributed by atoms with Crippen molar-refractivity contribution in [1.82, 2.24) is 0 Å². The summed E-state index contributed by atoms with van der Waals surface area (Å²) < 4.78 is 15.3. The number of para-hydroxylation sites is 1. The lowest BCUT2D eigenvalue weighted by Crippen LogP contribution is -2.29. The number of rotatable bonds is 10. The quantitative estimate of drug-likeness (QED) is 0.227. The minimum Gasteiger partial charge on any atom is -0.466 e. The van der Waals surface area contributed by atoms with Gasteiger partial charge in [-0.1, -0.05) is 29.8 Å². The molecule has 0 spiro atoms. The van der Waals surface area contributed by atoms with Crippen LogP contribution < -0.4 is 4.74 Å². The summed E-state index contributed by atoms with van der Waals surface area (Å²) in [5, 5.41) is 0.497. The number of halogens is 1. The number of carbonyl (C=O) groups excluding carboxylic acids is 3. The highest BCUT2D eigenvalue weighted by atomic mass is 35.5. The molecule has 0 N–H and O–H groups in total. The van der Waals surface area contributed by atoms with Gasteiger partial charge in [-0.25, -0.2) is 4.79 Å². The first-order valence-electron chi connectivity index (χ1n) is 9.38. The lowest BCUT2D eigenvalue weighted by molar-refractivity contribution is -0.143. The SMILES string of the molecule is CCOC(=O)CCCCC(OC(=O)Oc1ccccc1)C(=O)c1ccc(Cl)cc1. The minimum atomic E-state index is -1.03. The Bertz CT molecular complexity index is 804. The first-order valence-corrected chi connectivity index (χ1v) is 9.76. The normalized spacial score (nSPS) is 11.4.